The summed E-state index contributed by atoms with van der Waals surface area (Å²) in [4.78, 5) is 44.1. The molecule has 0 saturated heterocycles. The summed E-state index contributed by atoms with van der Waals surface area (Å²) in [7, 11) is 0. The van der Waals surface area contributed by atoms with Gasteiger partial charge in [0.1, 0.15) is 18.3 Å². The van der Waals surface area contributed by atoms with E-state index in [9.17, 15) is 19.2 Å². The molecule has 7 heteroatoms. The summed E-state index contributed by atoms with van der Waals surface area (Å²) in [6.07, 6.45) is -0.0544. The van der Waals surface area contributed by atoms with Crippen LogP contribution in [0, 0.1) is 5.92 Å². The van der Waals surface area contributed by atoms with Crippen LogP contribution >= 0.6 is 0 Å². The number of carboxylic acids is 1. The average Bonchev–Trinajstić information content (AvgIpc) is 2.28. The average molecular weight is 274 g/mol. The molecule has 0 amide bonds. The molecule has 0 spiro atoms. The number of esters is 2. The van der Waals surface area contributed by atoms with Crippen molar-refractivity contribution >= 4 is 23.7 Å². The lowest BCUT2D eigenvalue weighted by atomic mass is 10.1. The van der Waals surface area contributed by atoms with E-state index in [0.29, 0.717) is 0 Å². The van der Waals surface area contributed by atoms with Gasteiger partial charge in [0.05, 0.1) is 6.61 Å². The minimum absolute atomic E-state index is 0.0697. The smallest absolute Gasteiger partial charge is 0.319 e. The first-order valence-electron chi connectivity index (χ1n) is 5.93. The monoisotopic (exact) mass is 274 g/mol. The maximum atomic E-state index is 11.4. The molecule has 0 aliphatic rings. The summed E-state index contributed by atoms with van der Waals surface area (Å²) in [5.41, 5.74) is 0. The van der Waals surface area contributed by atoms with E-state index in [-0.39, 0.29) is 32.5 Å². The molecule has 1 N–H and O–H groups in total. The van der Waals surface area contributed by atoms with E-state index in [0.717, 1.165) is 0 Å². The molecule has 0 aliphatic heterocycles. The topological polar surface area (TPSA) is 107 Å². The van der Waals surface area contributed by atoms with Gasteiger partial charge in [0, 0.05) is 12.8 Å². The molecule has 0 aliphatic carbocycles. The fraction of sp³-hybridized carbons (Fsp3) is 0.667. The molecule has 0 radical (unpaired) electrons. The van der Waals surface area contributed by atoms with Gasteiger partial charge in [-0.25, -0.2) is 0 Å². The molecule has 0 rings (SSSR count). The minimum atomic E-state index is -1.12. The Morgan fingerprint density at radius 3 is 2.21 bits per heavy atom. The number of carboxylic acid groups (broad SMARTS) is 1. The second kappa shape index (κ2) is 9.07. The SMILES string of the molecule is CCOC(=O)C(COC(=O)CCCC(=O)O)C(C)=O. The second-order valence-electron chi connectivity index (χ2n) is 3.85. The van der Waals surface area contributed by atoms with Crippen LogP contribution in [0.1, 0.15) is 33.1 Å². The van der Waals surface area contributed by atoms with Gasteiger partial charge in [-0.15, -0.1) is 0 Å². The van der Waals surface area contributed by atoms with E-state index in [1.165, 1.54) is 6.92 Å². The van der Waals surface area contributed by atoms with Crippen LogP contribution in [0.25, 0.3) is 0 Å². The summed E-state index contributed by atoms with van der Waals surface area (Å²) < 4.78 is 9.44. The molecule has 0 aromatic rings. The van der Waals surface area contributed by atoms with Crippen LogP contribution in [0.5, 0.6) is 0 Å². The molecule has 1 unspecified atom stereocenters. The Bertz CT molecular complexity index is 348. The number of aliphatic carboxylic acids is 1. The van der Waals surface area contributed by atoms with Crippen LogP contribution in [0.4, 0.5) is 0 Å². The van der Waals surface area contributed by atoms with Crippen LogP contribution in [0.15, 0.2) is 0 Å². The van der Waals surface area contributed by atoms with Crippen molar-refractivity contribution in [2.75, 3.05) is 13.2 Å². The third kappa shape index (κ3) is 7.91. The number of carbonyl (C=O) groups is 4. The van der Waals surface area contributed by atoms with Crippen molar-refractivity contribution in [1.29, 1.82) is 0 Å². The lowest BCUT2D eigenvalue weighted by Gasteiger charge is -2.12. The number of rotatable bonds is 9. The first kappa shape index (κ1) is 17.1. The van der Waals surface area contributed by atoms with Crippen molar-refractivity contribution in [1.82, 2.24) is 0 Å². The van der Waals surface area contributed by atoms with Gasteiger partial charge in [-0.05, 0) is 20.3 Å². The van der Waals surface area contributed by atoms with Crippen LogP contribution in [0.2, 0.25) is 0 Å². The maximum Gasteiger partial charge on any atom is 0.319 e. The molecule has 0 fully saturated rings. The molecular formula is C12H18O7. The molecule has 0 heterocycles. The molecule has 0 aromatic carbocycles. The maximum absolute atomic E-state index is 11.4. The van der Waals surface area contributed by atoms with Crippen LogP contribution in [0.3, 0.4) is 0 Å². The van der Waals surface area contributed by atoms with E-state index in [1.807, 2.05) is 0 Å². The van der Waals surface area contributed by atoms with Gasteiger partial charge in [0.25, 0.3) is 0 Å². The summed E-state index contributed by atoms with van der Waals surface area (Å²) in [5.74, 6) is -3.94. The van der Waals surface area contributed by atoms with Crippen LogP contribution in [-0.4, -0.2) is 42.0 Å². The lowest BCUT2D eigenvalue weighted by molar-refractivity contribution is -0.157. The summed E-state index contributed by atoms with van der Waals surface area (Å²) in [5, 5.41) is 8.39. The Morgan fingerprint density at radius 2 is 1.74 bits per heavy atom. The summed E-state index contributed by atoms with van der Waals surface area (Å²) in [6.45, 7) is 2.57. The number of hydrogen-bond acceptors (Lipinski definition) is 6. The highest BCUT2D eigenvalue weighted by atomic mass is 16.5. The van der Waals surface area contributed by atoms with Gasteiger partial charge in [0.15, 0.2) is 0 Å². The zero-order chi connectivity index (χ0) is 14.8. The molecular weight excluding hydrogens is 256 g/mol. The second-order valence-corrected chi connectivity index (χ2v) is 3.85. The highest BCUT2D eigenvalue weighted by molar-refractivity contribution is 5.98. The number of Topliss-reactive ketones (excluding diaryl/α,β-unsaturated/α-hetero) is 1. The third-order valence-corrected chi connectivity index (χ3v) is 2.24. The first-order chi connectivity index (χ1) is 8.88. The van der Waals surface area contributed by atoms with Gasteiger partial charge < -0.3 is 14.6 Å². The highest BCUT2D eigenvalue weighted by Crippen LogP contribution is 2.05. The number of ether oxygens (including phenoxy) is 2. The molecule has 19 heavy (non-hydrogen) atoms. The minimum Gasteiger partial charge on any atom is -0.481 e. The molecule has 0 aromatic heterocycles. The van der Waals surface area contributed by atoms with Gasteiger partial charge >= 0.3 is 17.9 Å². The van der Waals surface area contributed by atoms with Crippen molar-refractivity contribution in [3.8, 4) is 0 Å². The van der Waals surface area contributed by atoms with Crippen LogP contribution in [-0.2, 0) is 28.7 Å². The fourth-order valence-electron chi connectivity index (χ4n) is 1.23. The summed E-state index contributed by atoms with van der Waals surface area (Å²) >= 11 is 0. The molecule has 0 bridgehead atoms. The van der Waals surface area contributed by atoms with E-state index in [1.54, 1.807) is 6.92 Å². The van der Waals surface area contributed by atoms with Gasteiger partial charge in [-0.2, -0.15) is 0 Å². The molecule has 0 saturated carbocycles. The number of hydrogen-bond donors (Lipinski definition) is 1. The predicted octanol–water partition coefficient (Wildman–Crippen LogP) is 0.553. The van der Waals surface area contributed by atoms with Gasteiger partial charge in [0.2, 0.25) is 0 Å². The molecule has 1 atom stereocenters. The lowest BCUT2D eigenvalue weighted by Crippen LogP contribution is -2.30. The van der Waals surface area contributed by atoms with Crippen molar-refractivity contribution in [2.24, 2.45) is 5.92 Å². The molecule has 108 valence electrons. The van der Waals surface area contributed by atoms with Crippen molar-refractivity contribution < 1.29 is 33.8 Å². The van der Waals surface area contributed by atoms with E-state index < -0.39 is 29.6 Å². The number of carbonyl (C=O) groups excluding carboxylic acids is 3. The Kier molecular flexibility index (Phi) is 8.15. The highest BCUT2D eigenvalue weighted by Gasteiger charge is 2.26. The summed E-state index contributed by atoms with van der Waals surface area (Å²) in [6, 6.07) is 0. The fourth-order valence-corrected chi connectivity index (χ4v) is 1.23. The van der Waals surface area contributed by atoms with Crippen molar-refractivity contribution in [3.63, 3.8) is 0 Å². The zero-order valence-corrected chi connectivity index (χ0v) is 11.0. The van der Waals surface area contributed by atoms with Crippen molar-refractivity contribution in [3.05, 3.63) is 0 Å². The third-order valence-electron chi connectivity index (χ3n) is 2.24. The van der Waals surface area contributed by atoms with E-state index in [2.05, 4.69) is 4.74 Å². The predicted molar refractivity (Wildman–Crippen MR) is 63.2 cm³/mol. The van der Waals surface area contributed by atoms with E-state index >= 15 is 0 Å². The normalized spacial score (nSPS) is 11.5. The van der Waals surface area contributed by atoms with Crippen LogP contribution < -0.4 is 0 Å². The first-order valence-corrected chi connectivity index (χ1v) is 5.93. The standard InChI is InChI=1S/C12H18O7/c1-3-18-12(17)9(8(2)13)7-19-11(16)6-4-5-10(14)15/h9H,3-7H2,1-2H3,(H,14,15). The van der Waals surface area contributed by atoms with Gasteiger partial charge in [-0.1, -0.05) is 0 Å². The zero-order valence-electron chi connectivity index (χ0n) is 11.0. The Hall–Kier alpha value is -1.92. The quantitative estimate of drug-likeness (QED) is 0.483. The van der Waals surface area contributed by atoms with Gasteiger partial charge in [-0.3, -0.25) is 19.2 Å². The number of ketones is 1. The molecule has 7 nitrogen and oxygen atoms in total. The van der Waals surface area contributed by atoms with E-state index in [4.69, 9.17) is 9.84 Å². The Balaban J connectivity index is 4.11. The Labute approximate surface area is 110 Å². The Morgan fingerprint density at radius 1 is 1.11 bits per heavy atom. The largest absolute Gasteiger partial charge is 0.481 e. The van der Waals surface area contributed by atoms with Crippen molar-refractivity contribution in [2.45, 2.75) is 33.1 Å².